The summed E-state index contributed by atoms with van der Waals surface area (Å²) in [4.78, 5) is 22.0. The van der Waals surface area contributed by atoms with Gasteiger partial charge in [0, 0.05) is 23.5 Å². The van der Waals surface area contributed by atoms with Crippen LogP contribution in [0.2, 0.25) is 5.02 Å². The summed E-state index contributed by atoms with van der Waals surface area (Å²) in [6.07, 6.45) is 3.24. The first-order chi connectivity index (χ1) is 15.2. The van der Waals surface area contributed by atoms with Crippen LogP contribution < -0.4 is 15.0 Å². The molecule has 2 aromatic carbocycles. The predicted octanol–water partition coefficient (Wildman–Crippen LogP) is 6.08. The average molecular weight is 488 g/mol. The average Bonchev–Trinajstić information content (AvgIpc) is 3.14. The summed E-state index contributed by atoms with van der Waals surface area (Å²) >= 11 is 8.78. The van der Waals surface area contributed by atoms with Crippen molar-refractivity contribution < 1.29 is 9.47 Å². The lowest BCUT2D eigenvalue weighted by Gasteiger charge is -2.20. The largest absolute Gasteiger partial charge is 0.493 e. The zero-order valence-electron chi connectivity index (χ0n) is 18.1. The van der Waals surface area contributed by atoms with Crippen molar-refractivity contribution in [2.75, 3.05) is 13.7 Å². The van der Waals surface area contributed by atoms with Crippen LogP contribution in [0, 0.1) is 5.41 Å². The van der Waals surface area contributed by atoms with Crippen LogP contribution in [0.1, 0.15) is 20.8 Å². The van der Waals surface area contributed by atoms with Crippen LogP contribution in [-0.2, 0) is 0 Å². The van der Waals surface area contributed by atoms with Gasteiger partial charge in [-0.2, -0.15) is 0 Å². The summed E-state index contributed by atoms with van der Waals surface area (Å²) in [5, 5.41) is 0.992. The number of hydrogen-bond donors (Lipinski definition) is 0. The highest BCUT2D eigenvalue weighted by Crippen LogP contribution is 2.34. The van der Waals surface area contributed by atoms with E-state index in [1.807, 2.05) is 24.3 Å². The second-order valence-corrected chi connectivity index (χ2v) is 11.0. The Balaban J connectivity index is 1.63. The smallest absolute Gasteiger partial charge is 0.288 e. The third-order valence-corrected chi connectivity index (χ3v) is 6.70. The van der Waals surface area contributed by atoms with Crippen LogP contribution in [0.5, 0.6) is 11.5 Å². The van der Waals surface area contributed by atoms with E-state index in [-0.39, 0.29) is 11.0 Å². The van der Waals surface area contributed by atoms with Gasteiger partial charge in [0.1, 0.15) is 0 Å². The molecule has 2 heterocycles. The molecular weight excluding hydrogens is 466 g/mol. The van der Waals surface area contributed by atoms with Crippen LogP contribution >= 0.6 is 34.7 Å². The van der Waals surface area contributed by atoms with Crippen LogP contribution in [0.4, 0.5) is 0 Å². The molecule has 4 rings (SSSR count). The van der Waals surface area contributed by atoms with Crippen molar-refractivity contribution in [1.29, 1.82) is 0 Å². The van der Waals surface area contributed by atoms with Crippen LogP contribution in [-0.4, -0.2) is 28.3 Å². The monoisotopic (exact) mass is 487 g/mol. The van der Waals surface area contributed by atoms with Gasteiger partial charge in [0.25, 0.3) is 5.56 Å². The van der Waals surface area contributed by atoms with Gasteiger partial charge >= 0.3 is 0 Å². The molecule has 0 radical (unpaired) electrons. The van der Waals surface area contributed by atoms with E-state index < -0.39 is 0 Å². The Hall–Kier alpha value is -2.55. The molecule has 0 aliphatic carbocycles. The highest BCUT2D eigenvalue weighted by molar-refractivity contribution is 8.01. The minimum absolute atomic E-state index is 0.0177. The molecular formula is C23H22ClN3O3S2. The third-order valence-electron chi connectivity index (χ3n) is 4.41. The van der Waals surface area contributed by atoms with E-state index in [4.69, 9.17) is 21.1 Å². The molecule has 9 heteroatoms. The van der Waals surface area contributed by atoms with Crippen molar-refractivity contribution in [3.63, 3.8) is 0 Å². The SMILES string of the molecule is COc1cc(-n2ccnc(Sc3nc4ccc(Cl)cc4s3)c2=O)ccc1OCC(C)(C)C. The molecule has 4 aromatic rings. The number of fused-ring (bicyclic) bond motifs is 1. The minimum Gasteiger partial charge on any atom is -0.493 e. The van der Waals surface area contributed by atoms with Gasteiger partial charge in [-0.05, 0) is 47.5 Å². The fraction of sp³-hybridized carbons (Fsp3) is 0.261. The molecule has 0 atom stereocenters. The van der Waals surface area contributed by atoms with E-state index in [1.54, 1.807) is 31.6 Å². The maximum absolute atomic E-state index is 13.1. The number of thiazole rings is 1. The Morgan fingerprint density at radius 2 is 1.97 bits per heavy atom. The number of benzene rings is 2. The summed E-state index contributed by atoms with van der Waals surface area (Å²) in [5.41, 5.74) is 1.29. The summed E-state index contributed by atoms with van der Waals surface area (Å²) in [6, 6.07) is 11.0. The van der Waals surface area contributed by atoms with E-state index in [0.29, 0.717) is 33.8 Å². The van der Waals surface area contributed by atoms with Gasteiger partial charge < -0.3 is 9.47 Å². The van der Waals surface area contributed by atoms with E-state index in [2.05, 4.69) is 30.7 Å². The van der Waals surface area contributed by atoms with Gasteiger partial charge in [-0.1, -0.05) is 32.4 Å². The van der Waals surface area contributed by atoms with Gasteiger partial charge in [0.2, 0.25) is 0 Å². The van der Waals surface area contributed by atoms with Crippen molar-refractivity contribution in [1.82, 2.24) is 14.5 Å². The molecule has 6 nitrogen and oxygen atoms in total. The highest BCUT2D eigenvalue weighted by atomic mass is 35.5. The van der Waals surface area contributed by atoms with Crippen molar-refractivity contribution in [2.45, 2.75) is 30.1 Å². The molecule has 0 N–H and O–H groups in total. The van der Waals surface area contributed by atoms with Crippen LogP contribution in [0.3, 0.4) is 0 Å². The van der Waals surface area contributed by atoms with Gasteiger partial charge in [0.05, 0.1) is 29.6 Å². The fourth-order valence-electron chi connectivity index (χ4n) is 2.89. The summed E-state index contributed by atoms with van der Waals surface area (Å²) in [7, 11) is 1.58. The zero-order valence-corrected chi connectivity index (χ0v) is 20.5. The molecule has 166 valence electrons. The maximum atomic E-state index is 13.1. The molecule has 0 aliphatic rings. The Morgan fingerprint density at radius 1 is 1.16 bits per heavy atom. The molecule has 0 saturated carbocycles. The Morgan fingerprint density at radius 3 is 2.72 bits per heavy atom. The molecule has 0 aliphatic heterocycles. The zero-order chi connectivity index (χ0) is 22.9. The van der Waals surface area contributed by atoms with Gasteiger partial charge in [0.15, 0.2) is 20.9 Å². The number of methoxy groups -OCH3 is 1. The number of ether oxygens (including phenoxy) is 2. The number of hydrogen-bond acceptors (Lipinski definition) is 7. The maximum Gasteiger partial charge on any atom is 0.288 e. The minimum atomic E-state index is -0.236. The van der Waals surface area contributed by atoms with Gasteiger partial charge in [-0.3, -0.25) is 9.36 Å². The second-order valence-electron chi connectivity index (χ2n) is 8.29. The van der Waals surface area contributed by atoms with Gasteiger partial charge in [-0.25, -0.2) is 9.97 Å². The van der Waals surface area contributed by atoms with Crippen molar-refractivity contribution in [3.05, 3.63) is 64.2 Å². The van der Waals surface area contributed by atoms with Crippen molar-refractivity contribution >= 4 is 44.9 Å². The molecule has 0 spiro atoms. The summed E-state index contributed by atoms with van der Waals surface area (Å²) < 4.78 is 14.6. The first kappa shape index (κ1) is 22.6. The topological polar surface area (TPSA) is 66.2 Å². The molecule has 0 amide bonds. The van der Waals surface area contributed by atoms with Crippen molar-refractivity contribution in [3.8, 4) is 17.2 Å². The first-order valence-electron chi connectivity index (χ1n) is 9.86. The van der Waals surface area contributed by atoms with Gasteiger partial charge in [-0.15, -0.1) is 11.3 Å². The van der Waals surface area contributed by atoms with Crippen LogP contribution in [0.25, 0.3) is 15.9 Å². The molecule has 0 unspecified atom stereocenters. The van der Waals surface area contributed by atoms with E-state index in [9.17, 15) is 4.79 Å². The van der Waals surface area contributed by atoms with E-state index in [1.165, 1.54) is 27.7 Å². The third kappa shape index (κ3) is 5.09. The predicted molar refractivity (Wildman–Crippen MR) is 130 cm³/mol. The number of rotatable bonds is 6. The molecule has 32 heavy (non-hydrogen) atoms. The Labute approximate surface area is 199 Å². The lowest BCUT2D eigenvalue weighted by Crippen LogP contribution is -2.20. The van der Waals surface area contributed by atoms with E-state index in [0.717, 1.165) is 14.6 Å². The molecule has 0 bridgehead atoms. The number of aromatic nitrogens is 3. The summed E-state index contributed by atoms with van der Waals surface area (Å²) in [6.45, 7) is 6.85. The first-order valence-corrected chi connectivity index (χ1v) is 11.9. The standard InChI is InChI=1S/C23H22ClN3O3S2/c1-23(2,3)13-30-17-8-6-15(12-18(17)29-4)27-10-9-25-20(21(27)28)32-22-26-16-7-5-14(24)11-19(16)31-22/h5-12H,13H2,1-4H3. The Bertz CT molecular complexity index is 1330. The lowest BCUT2D eigenvalue weighted by molar-refractivity contribution is 0.191. The molecule has 0 saturated heterocycles. The number of halogens is 1. The number of nitrogens with zero attached hydrogens (tertiary/aromatic N) is 3. The summed E-state index contributed by atoms with van der Waals surface area (Å²) in [5.74, 6) is 1.20. The normalized spacial score (nSPS) is 11.7. The fourth-order valence-corrected chi connectivity index (χ4v) is 5.14. The highest BCUT2D eigenvalue weighted by Gasteiger charge is 2.16. The second kappa shape index (κ2) is 9.13. The Kier molecular flexibility index (Phi) is 6.46. The van der Waals surface area contributed by atoms with Crippen LogP contribution in [0.15, 0.2) is 63.0 Å². The molecule has 0 fully saturated rings. The molecule has 2 aromatic heterocycles. The quantitative estimate of drug-likeness (QED) is 0.328. The van der Waals surface area contributed by atoms with Crippen molar-refractivity contribution in [2.24, 2.45) is 5.41 Å². The van der Waals surface area contributed by atoms with E-state index >= 15 is 0 Å². The lowest BCUT2D eigenvalue weighted by atomic mass is 9.99.